The molecule has 0 aliphatic carbocycles. The molecule has 1 atom stereocenters. The summed E-state index contributed by atoms with van der Waals surface area (Å²) in [7, 11) is 0. The molecule has 1 aliphatic rings. The second-order valence-electron chi connectivity index (χ2n) is 6.78. The average molecular weight is 369 g/mol. The predicted octanol–water partition coefficient (Wildman–Crippen LogP) is 4.62. The Balaban J connectivity index is 1.94. The van der Waals surface area contributed by atoms with E-state index in [1.807, 2.05) is 67.6 Å². The number of para-hydroxylation sites is 1. The van der Waals surface area contributed by atoms with Crippen LogP contribution in [0.2, 0.25) is 0 Å². The van der Waals surface area contributed by atoms with Crippen molar-refractivity contribution in [1.29, 1.82) is 0 Å². The number of anilines is 1. The van der Waals surface area contributed by atoms with Crippen molar-refractivity contribution in [2.24, 2.45) is 0 Å². The first kappa shape index (κ1) is 17.7. The maximum Gasteiger partial charge on any atom is 0.300 e. The quantitative estimate of drug-likeness (QED) is 0.416. The molecule has 28 heavy (non-hydrogen) atoms. The van der Waals surface area contributed by atoms with E-state index in [0.29, 0.717) is 11.3 Å². The van der Waals surface area contributed by atoms with E-state index in [-0.39, 0.29) is 11.3 Å². The van der Waals surface area contributed by atoms with Crippen molar-refractivity contribution >= 4 is 23.1 Å². The molecule has 4 rings (SSSR count). The first-order valence-corrected chi connectivity index (χ1v) is 9.06. The largest absolute Gasteiger partial charge is 0.507 e. The van der Waals surface area contributed by atoms with Crippen LogP contribution in [0.25, 0.3) is 5.76 Å². The molecular weight excluding hydrogens is 350 g/mol. The number of hydrogen-bond acceptors (Lipinski definition) is 3. The lowest BCUT2D eigenvalue weighted by molar-refractivity contribution is -0.132. The normalized spacial score (nSPS) is 18.5. The number of aliphatic hydroxyl groups is 1. The highest BCUT2D eigenvalue weighted by molar-refractivity contribution is 6.51. The summed E-state index contributed by atoms with van der Waals surface area (Å²) in [6.07, 6.45) is 0. The molecule has 4 heteroatoms. The van der Waals surface area contributed by atoms with Gasteiger partial charge >= 0.3 is 0 Å². The number of carbonyl (C=O) groups excluding carboxylic acids is 2. The third-order valence-electron chi connectivity index (χ3n) is 4.92. The van der Waals surface area contributed by atoms with Crippen LogP contribution in [0, 0.1) is 6.92 Å². The number of rotatable bonds is 3. The molecule has 1 N–H and O–H groups in total. The number of aliphatic hydroxyl groups excluding tert-OH is 1. The molecule has 1 amide bonds. The fourth-order valence-electron chi connectivity index (χ4n) is 3.51. The number of amides is 1. The van der Waals surface area contributed by atoms with Crippen molar-refractivity contribution in [1.82, 2.24) is 0 Å². The van der Waals surface area contributed by atoms with Crippen LogP contribution >= 0.6 is 0 Å². The smallest absolute Gasteiger partial charge is 0.300 e. The minimum absolute atomic E-state index is 0.101. The molecule has 0 unspecified atom stereocenters. The average Bonchev–Trinajstić information content (AvgIpc) is 3.00. The maximum atomic E-state index is 12.9. The van der Waals surface area contributed by atoms with E-state index in [2.05, 4.69) is 0 Å². The minimum atomic E-state index is -0.690. The lowest BCUT2D eigenvalue weighted by atomic mass is 9.95. The highest BCUT2D eigenvalue weighted by atomic mass is 16.3. The fraction of sp³-hybridized carbons (Fsp3) is 0.0833. The standard InChI is InChI=1S/C24H19NO3/c1-16-12-14-18(15-13-16)22(26)20-21(17-8-4-2-5-9-17)25(24(28)23(20)27)19-10-6-3-7-11-19/h2-15,21,26H,1H3/b22-20+/t21-/m1/s1. The van der Waals surface area contributed by atoms with Crippen molar-refractivity contribution in [2.45, 2.75) is 13.0 Å². The monoisotopic (exact) mass is 369 g/mol. The van der Waals surface area contributed by atoms with Crippen LogP contribution < -0.4 is 4.90 Å². The number of carbonyl (C=O) groups is 2. The summed E-state index contributed by atoms with van der Waals surface area (Å²) in [6.45, 7) is 1.95. The van der Waals surface area contributed by atoms with Gasteiger partial charge in [0.15, 0.2) is 0 Å². The van der Waals surface area contributed by atoms with Gasteiger partial charge in [-0.15, -0.1) is 0 Å². The Morgan fingerprint density at radius 3 is 2.00 bits per heavy atom. The molecule has 138 valence electrons. The van der Waals surface area contributed by atoms with Gasteiger partial charge in [0.25, 0.3) is 11.7 Å². The highest BCUT2D eigenvalue weighted by Crippen LogP contribution is 2.41. The Hall–Kier alpha value is -3.66. The van der Waals surface area contributed by atoms with Crippen molar-refractivity contribution < 1.29 is 14.7 Å². The van der Waals surface area contributed by atoms with Crippen LogP contribution in [-0.4, -0.2) is 16.8 Å². The zero-order valence-corrected chi connectivity index (χ0v) is 15.4. The Morgan fingerprint density at radius 2 is 1.39 bits per heavy atom. The van der Waals surface area contributed by atoms with Gasteiger partial charge in [-0.05, 0) is 24.6 Å². The Morgan fingerprint density at radius 1 is 0.821 bits per heavy atom. The lowest BCUT2D eigenvalue weighted by Gasteiger charge is -2.25. The van der Waals surface area contributed by atoms with Crippen LogP contribution in [0.4, 0.5) is 5.69 Å². The molecule has 3 aromatic rings. The number of aryl methyl sites for hydroxylation is 1. The third-order valence-corrected chi connectivity index (χ3v) is 4.92. The first-order valence-electron chi connectivity index (χ1n) is 9.06. The van der Waals surface area contributed by atoms with Gasteiger partial charge in [0.1, 0.15) is 5.76 Å². The van der Waals surface area contributed by atoms with Gasteiger partial charge in [0.2, 0.25) is 0 Å². The number of hydrogen-bond donors (Lipinski definition) is 1. The SMILES string of the molecule is Cc1ccc(/C(O)=C2\C(=O)C(=O)N(c3ccccc3)[C@@H]2c2ccccc2)cc1. The van der Waals surface area contributed by atoms with Gasteiger partial charge in [-0.2, -0.15) is 0 Å². The predicted molar refractivity (Wildman–Crippen MR) is 109 cm³/mol. The van der Waals surface area contributed by atoms with E-state index in [4.69, 9.17) is 0 Å². The highest BCUT2D eigenvalue weighted by Gasteiger charge is 2.46. The zero-order chi connectivity index (χ0) is 19.7. The number of Topliss-reactive ketones (excluding diaryl/α,β-unsaturated/α-hetero) is 1. The molecule has 1 fully saturated rings. The van der Waals surface area contributed by atoms with Gasteiger partial charge in [-0.1, -0.05) is 78.4 Å². The van der Waals surface area contributed by atoms with E-state index < -0.39 is 17.7 Å². The van der Waals surface area contributed by atoms with Crippen molar-refractivity contribution in [3.05, 3.63) is 107 Å². The summed E-state index contributed by atoms with van der Waals surface area (Å²) >= 11 is 0. The molecule has 0 spiro atoms. The van der Waals surface area contributed by atoms with Gasteiger partial charge in [-0.25, -0.2) is 0 Å². The van der Waals surface area contributed by atoms with Crippen LogP contribution in [0.15, 0.2) is 90.5 Å². The molecule has 4 nitrogen and oxygen atoms in total. The van der Waals surface area contributed by atoms with Crippen LogP contribution in [0.5, 0.6) is 0 Å². The van der Waals surface area contributed by atoms with E-state index in [9.17, 15) is 14.7 Å². The van der Waals surface area contributed by atoms with Crippen molar-refractivity contribution in [3.8, 4) is 0 Å². The summed E-state index contributed by atoms with van der Waals surface area (Å²) in [4.78, 5) is 27.3. The van der Waals surface area contributed by atoms with Crippen LogP contribution in [0.1, 0.15) is 22.7 Å². The number of ketones is 1. The van der Waals surface area contributed by atoms with Crippen LogP contribution in [0.3, 0.4) is 0 Å². The van der Waals surface area contributed by atoms with Gasteiger partial charge in [0.05, 0.1) is 11.6 Å². The number of nitrogens with zero attached hydrogens (tertiary/aromatic N) is 1. The summed E-state index contributed by atoms with van der Waals surface area (Å²) in [6, 6.07) is 24.9. The van der Waals surface area contributed by atoms with Gasteiger partial charge in [0, 0.05) is 11.3 Å². The summed E-state index contributed by atoms with van der Waals surface area (Å²) < 4.78 is 0. The molecule has 1 saturated heterocycles. The Kier molecular flexibility index (Phi) is 4.53. The van der Waals surface area contributed by atoms with Crippen molar-refractivity contribution in [3.63, 3.8) is 0 Å². The topological polar surface area (TPSA) is 57.6 Å². The molecule has 0 radical (unpaired) electrons. The van der Waals surface area contributed by atoms with Crippen LogP contribution in [-0.2, 0) is 9.59 Å². The van der Waals surface area contributed by atoms with Gasteiger partial charge < -0.3 is 5.11 Å². The van der Waals surface area contributed by atoms with E-state index in [0.717, 1.165) is 11.1 Å². The third kappa shape index (κ3) is 2.99. The second-order valence-corrected chi connectivity index (χ2v) is 6.78. The maximum absolute atomic E-state index is 12.9. The van der Waals surface area contributed by atoms with E-state index >= 15 is 0 Å². The first-order chi connectivity index (χ1) is 13.6. The molecular formula is C24H19NO3. The van der Waals surface area contributed by atoms with E-state index in [1.165, 1.54) is 4.90 Å². The van der Waals surface area contributed by atoms with E-state index in [1.54, 1.807) is 24.3 Å². The van der Waals surface area contributed by atoms with Crippen molar-refractivity contribution in [2.75, 3.05) is 4.90 Å². The Labute approximate surface area is 163 Å². The summed E-state index contributed by atoms with van der Waals surface area (Å²) in [5, 5.41) is 11.0. The fourth-order valence-corrected chi connectivity index (χ4v) is 3.51. The molecule has 0 bridgehead atoms. The molecule has 1 heterocycles. The molecule has 1 aliphatic heterocycles. The summed E-state index contributed by atoms with van der Waals surface area (Å²) in [5.74, 6) is -1.49. The lowest BCUT2D eigenvalue weighted by Crippen LogP contribution is -2.29. The Bertz CT molecular complexity index is 1050. The summed E-state index contributed by atoms with van der Waals surface area (Å²) in [5.41, 5.74) is 3.03. The minimum Gasteiger partial charge on any atom is -0.507 e. The van der Waals surface area contributed by atoms with Gasteiger partial charge in [-0.3, -0.25) is 14.5 Å². The molecule has 0 aromatic heterocycles. The molecule has 3 aromatic carbocycles. The number of benzene rings is 3. The molecule has 0 saturated carbocycles. The zero-order valence-electron chi connectivity index (χ0n) is 15.4. The second kappa shape index (κ2) is 7.16.